The lowest BCUT2D eigenvalue weighted by Gasteiger charge is -2.29. The molecule has 0 unspecified atom stereocenters. The Morgan fingerprint density at radius 2 is 2.05 bits per heavy atom. The zero-order chi connectivity index (χ0) is 15.4. The highest BCUT2D eigenvalue weighted by Crippen LogP contribution is 2.27. The Labute approximate surface area is 133 Å². The van der Waals surface area contributed by atoms with E-state index < -0.39 is 0 Å². The van der Waals surface area contributed by atoms with Gasteiger partial charge in [0.15, 0.2) is 10.2 Å². The number of rotatable bonds is 5. The predicted molar refractivity (Wildman–Crippen MR) is 82.1 cm³/mol. The van der Waals surface area contributed by atoms with E-state index in [9.17, 15) is 4.79 Å². The molecule has 1 aliphatic rings. The number of nitrogens with zero attached hydrogens (tertiary/aromatic N) is 3. The van der Waals surface area contributed by atoms with Crippen LogP contribution < -0.4 is 5.73 Å². The maximum atomic E-state index is 11.2. The van der Waals surface area contributed by atoms with Crippen molar-refractivity contribution < 1.29 is 9.21 Å². The highest BCUT2D eigenvalue weighted by molar-refractivity contribution is 7.99. The molecule has 3 rings (SSSR count). The monoisotopic (exact) mass is 318 g/mol. The predicted octanol–water partition coefficient (Wildman–Crippen LogP) is 1.92. The van der Waals surface area contributed by atoms with Crippen LogP contribution in [0.5, 0.6) is 0 Å². The summed E-state index contributed by atoms with van der Waals surface area (Å²) < 4.78 is 5.81. The number of piperidine rings is 1. The van der Waals surface area contributed by atoms with Crippen LogP contribution in [0.4, 0.5) is 0 Å². The second kappa shape index (κ2) is 6.93. The van der Waals surface area contributed by atoms with Gasteiger partial charge in [0, 0.05) is 18.3 Å². The first-order valence-corrected chi connectivity index (χ1v) is 8.07. The van der Waals surface area contributed by atoms with Crippen molar-refractivity contribution in [1.29, 1.82) is 0 Å². The number of likely N-dealkylation sites (tertiary alicyclic amines) is 1. The van der Waals surface area contributed by atoms with Crippen LogP contribution in [0, 0.1) is 5.92 Å². The van der Waals surface area contributed by atoms with E-state index in [-0.39, 0.29) is 11.8 Å². The second-order valence-electron chi connectivity index (χ2n) is 5.31. The van der Waals surface area contributed by atoms with Gasteiger partial charge in [0.25, 0.3) is 0 Å². The molecule has 0 radical (unpaired) electrons. The first kappa shape index (κ1) is 15.1. The van der Waals surface area contributed by atoms with Crippen molar-refractivity contribution in [3.05, 3.63) is 36.4 Å². The Hall–Kier alpha value is -1.86. The third-order valence-corrected chi connectivity index (χ3v) is 4.55. The fourth-order valence-electron chi connectivity index (χ4n) is 2.52. The fraction of sp³-hybridized carbons (Fsp3) is 0.400. The summed E-state index contributed by atoms with van der Waals surface area (Å²) in [6.07, 6.45) is 5.08. The second-order valence-corrected chi connectivity index (χ2v) is 6.28. The van der Waals surface area contributed by atoms with Gasteiger partial charge in [0.1, 0.15) is 5.76 Å². The minimum Gasteiger partial charge on any atom is -0.453 e. The summed E-state index contributed by atoms with van der Waals surface area (Å²) in [5.74, 6) is 0.754. The van der Waals surface area contributed by atoms with Crippen LogP contribution in [-0.4, -0.2) is 33.9 Å². The Morgan fingerprint density at radius 3 is 2.73 bits per heavy atom. The molecule has 7 heteroatoms. The van der Waals surface area contributed by atoms with Gasteiger partial charge in [-0.2, -0.15) is 0 Å². The number of carbonyl (C=O) groups is 1. The number of nitrogens with two attached hydrogens (primary N) is 1. The highest BCUT2D eigenvalue weighted by atomic mass is 32.2. The molecule has 0 aromatic carbocycles. The van der Waals surface area contributed by atoms with Gasteiger partial charge >= 0.3 is 0 Å². The van der Waals surface area contributed by atoms with Gasteiger partial charge in [-0.1, -0.05) is 0 Å². The van der Waals surface area contributed by atoms with E-state index in [1.54, 1.807) is 18.5 Å². The molecule has 6 nitrogen and oxygen atoms in total. The Kier molecular flexibility index (Phi) is 4.74. The van der Waals surface area contributed by atoms with Crippen molar-refractivity contribution in [2.45, 2.75) is 29.6 Å². The number of amides is 1. The summed E-state index contributed by atoms with van der Waals surface area (Å²) in [5, 5.41) is 1.46. The molecule has 1 amide bonds. The standard InChI is InChI=1S/C15H18N4O2S/c16-14(20)11-4-8-19(9-5-11)10-12-2-3-13(21-12)22-15-17-6-1-7-18-15/h1-3,6-7,11H,4-5,8-10H2,(H2,16,20). The van der Waals surface area contributed by atoms with Crippen LogP contribution in [-0.2, 0) is 11.3 Å². The smallest absolute Gasteiger partial charge is 0.220 e. The van der Waals surface area contributed by atoms with Gasteiger partial charge in [-0.15, -0.1) is 0 Å². The summed E-state index contributed by atoms with van der Waals surface area (Å²) in [6, 6.07) is 5.70. The largest absolute Gasteiger partial charge is 0.453 e. The van der Waals surface area contributed by atoms with Crippen molar-refractivity contribution in [3.8, 4) is 0 Å². The molecule has 116 valence electrons. The molecular formula is C15H18N4O2S. The lowest BCUT2D eigenvalue weighted by molar-refractivity contribution is -0.123. The molecule has 1 saturated heterocycles. The molecule has 3 heterocycles. The van der Waals surface area contributed by atoms with Gasteiger partial charge in [-0.25, -0.2) is 9.97 Å². The van der Waals surface area contributed by atoms with Gasteiger partial charge in [-0.3, -0.25) is 9.69 Å². The molecule has 2 N–H and O–H groups in total. The van der Waals surface area contributed by atoms with Crippen LogP contribution in [0.15, 0.2) is 45.3 Å². The number of hydrogen-bond acceptors (Lipinski definition) is 6. The van der Waals surface area contributed by atoms with E-state index >= 15 is 0 Å². The fourth-order valence-corrected chi connectivity index (χ4v) is 3.21. The molecule has 0 bridgehead atoms. The average Bonchev–Trinajstić information content (AvgIpc) is 2.96. The summed E-state index contributed by atoms with van der Waals surface area (Å²) in [6.45, 7) is 2.50. The average molecular weight is 318 g/mol. The first-order chi connectivity index (χ1) is 10.7. The van der Waals surface area contributed by atoms with Crippen molar-refractivity contribution >= 4 is 17.7 Å². The number of furan rings is 1. The Morgan fingerprint density at radius 1 is 1.32 bits per heavy atom. The molecule has 1 aliphatic heterocycles. The maximum Gasteiger partial charge on any atom is 0.220 e. The molecular weight excluding hydrogens is 300 g/mol. The van der Waals surface area contributed by atoms with Gasteiger partial charge in [0.05, 0.1) is 6.54 Å². The van der Waals surface area contributed by atoms with Gasteiger partial charge in [0.2, 0.25) is 5.91 Å². The first-order valence-electron chi connectivity index (χ1n) is 7.26. The third kappa shape index (κ3) is 3.86. The molecule has 2 aromatic rings. The Bertz CT molecular complexity index is 623. The zero-order valence-electron chi connectivity index (χ0n) is 12.1. The summed E-state index contributed by atoms with van der Waals surface area (Å²) in [4.78, 5) is 21.8. The highest BCUT2D eigenvalue weighted by Gasteiger charge is 2.23. The van der Waals surface area contributed by atoms with E-state index in [2.05, 4.69) is 14.9 Å². The number of primary amides is 1. The van der Waals surface area contributed by atoms with E-state index in [4.69, 9.17) is 10.2 Å². The van der Waals surface area contributed by atoms with E-state index in [1.807, 2.05) is 12.1 Å². The van der Waals surface area contributed by atoms with Crippen LogP contribution in [0.25, 0.3) is 0 Å². The lowest BCUT2D eigenvalue weighted by Crippen LogP contribution is -2.38. The van der Waals surface area contributed by atoms with E-state index in [1.165, 1.54) is 11.8 Å². The minimum absolute atomic E-state index is 0.0224. The van der Waals surface area contributed by atoms with Crippen LogP contribution in [0.2, 0.25) is 0 Å². The van der Waals surface area contributed by atoms with Crippen LogP contribution in [0.1, 0.15) is 18.6 Å². The molecule has 0 aliphatic carbocycles. The number of carbonyl (C=O) groups excluding carboxylic acids is 1. The van der Waals surface area contributed by atoms with E-state index in [0.717, 1.165) is 43.3 Å². The quantitative estimate of drug-likeness (QED) is 0.848. The maximum absolute atomic E-state index is 11.2. The number of hydrogen-bond donors (Lipinski definition) is 1. The minimum atomic E-state index is -0.181. The van der Waals surface area contributed by atoms with Crippen LogP contribution in [0.3, 0.4) is 0 Å². The summed E-state index contributed by atoms with van der Waals surface area (Å²) in [5.41, 5.74) is 5.35. The van der Waals surface area contributed by atoms with Gasteiger partial charge < -0.3 is 10.2 Å². The molecule has 2 aromatic heterocycles. The molecule has 0 atom stereocenters. The SMILES string of the molecule is NC(=O)C1CCN(Cc2ccc(Sc3ncccn3)o2)CC1. The lowest BCUT2D eigenvalue weighted by atomic mass is 9.96. The molecule has 1 fully saturated rings. The van der Waals surface area contributed by atoms with Crippen molar-refractivity contribution in [2.75, 3.05) is 13.1 Å². The zero-order valence-corrected chi connectivity index (χ0v) is 13.0. The van der Waals surface area contributed by atoms with Crippen molar-refractivity contribution in [2.24, 2.45) is 11.7 Å². The summed E-state index contributed by atoms with van der Waals surface area (Å²) in [7, 11) is 0. The number of aromatic nitrogens is 2. The summed E-state index contributed by atoms with van der Waals surface area (Å²) >= 11 is 1.41. The molecule has 0 spiro atoms. The third-order valence-electron chi connectivity index (χ3n) is 3.74. The van der Waals surface area contributed by atoms with Crippen molar-refractivity contribution in [1.82, 2.24) is 14.9 Å². The molecule has 0 saturated carbocycles. The Balaban J connectivity index is 1.53. The molecule has 22 heavy (non-hydrogen) atoms. The van der Waals surface area contributed by atoms with E-state index in [0.29, 0.717) is 5.16 Å². The van der Waals surface area contributed by atoms with Crippen molar-refractivity contribution in [3.63, 3.8) is 0 Å². The topological polar surface area (TPSA) is 85.3 Å². The van der Waals surface area contributed by atoms with Gasteiger partial charge in [-0.05, 0) is 55.9 Å². The normalized spacial score (nSPS) is 16.7. The van der Waals surface area contributed by atoms with Crippen LogP contribution >= 0.6 is 11.8 Å².